The molecule has 6 nitrogen and oxygen atoms in total. The fraction of sp³-hybridized carbons (Fsp3) is 0.389. The lowest BCUT2D eigenvalue weighted by Gasteiger charge is -2.21. The van der Waals surface area contributed by atoms with Crippen molar-refractivity contribution >= 4 is 17.5 Å². The lowest BCUT2D eigenvalue weighted by molar-refractivity contribution is 0.0983. The van der Waals surface area contributed by atoms with Gasteiger partial charge in [-0.15, -0.1) is 0 Å². The molecule has 0 bridgehead atoms. The van der Waals surface area contributed by atoms with Gasteiger partial charge >= 0.3 is 0 Å². The van der Waals surface area contributed by atoms with E-state index in [2.05, 4.69) is 15.3 Å². The molecule has 0 radical (unpaired) electrons. The molecule has 1 heterocycles. The van der Waals surface area contributed by atoms with Gasteiger partial charge in [0.15, 0.2) is 0 Å². The standard InChI is InChI=1S/C18H24N4O2/c1-5-22(15-8-6-7-13(2)11-15)17(23)16-12-14(3)20-18(21-16)19-9-10-24-4/h6-8,11-12H,5,9-10H2,1-4H3,(H,19,20,21). The molecule has 0 aliphatic carbocycles. The number of hydrogen-bond donors (Lipinski definition) is 1. The number of hydrogen-bond acceptors (Lipinski definition) is 5. The van der Waals surface area contributed by atoms with Crippen LogP contribution in [0.5, 0.6) is 0 Å². The molecule has 0 unspecified atom stereocenters. The molecule has 6 heteroatoms. The van der Waals surface area contributed by atoms with Crippen LogP contribution in [0.1, 0.15) is 28.7 Å². The Labute approximate surface area is 142 Å². The second-order valence-electron chi connectivity index (χ2n) is 5.53. The van der Waals surface area contributed by atoms with Gasteiger partial charge in [0.2, 0.25) is 5.95 Å². The molecule has 128 valence electrons. The molecule has 0 aliphatic rings. The lowest BCUT2D eigenvalue weighted by atomic mass is 10.2. The number of methoxy groups -OCH3 is 1. The first kappa shape index (κ1) is 17.9. The van der Waals surface area contributed by atoms with Gasteiger partial charge in [-0.25, -0.2) is 9.97 Å². The monoisotopic (exact) mass is 328 g/mol. The molecule has 0 aliphatic heterocycles. The summed E-state index contributed by atoms with van der Waals surface area (Å²) in [5, 5.41) is 3.07. The van der Waals surface area contributed by atoms with Crippen molar-refractivity contribution < 1.29 is 9.53 Å². The molecule has 24 heavy (non-hydrogen) atoms. The first-order chi connectivity index (χ1) is 11.5. The van der Waals surface area contributed by atoms with E-state index in [4.69, 9.17) is 4.74 Å². The van der Waals surface area contributed by atoms with Gasteiger partial charge < -0.3 is 15.0 Å². The number of aryl methyl sites for hydroxylation is 2. The molecule has 2 aromatic rings. The fourth-order valence-corrected chi connectivity index (χ4v) is 2.40. The largest absolute Gasteiger partial charge is 0.383 e. The minimum absolute atomic E-state index is 0.136. The summed E-state index contributed by atoms with van der Waals surface area (Å²) in [6, 6.07) is 9.59. The first-order valence-electron chi connectivity index (χ1n) is 8.02. The number of rotatable bonds is 7. The molecule has 1 aromatic carbocycles. The van der Waals surface area contributed by atoms with Gasteiger partial charge in [-0.1, -0.05) is 12.1 Å². The Morgan fingerprint density at radius 1 is 1.25 bits per heavy atom. The molecule has 2 rings (SSSR count). The number of benzene rings is 1. The predicted octanol–water partition coefficient (Wildman–Crippen LogP) is 2.82. The molecular weight excluding hydrogens is 304 g/mol. The van der Waals surface area contributed by atoms with Crippen LogP contribution in [0, 0.1) is 13.8 Å². The molecule has 1 aromatic heterocycles. The van der Waals surface area contributed by atoms with Gasteiger partial charge in [0.1, 0.15) is 5.69 Å². The molecule has 0 atom stereocenters. The third-order valence-electron chi connectivity index (χ3n) is 3.54. The van der Waals surface area contributed by atoms with Gasteiger partial charge in [-0.2, -0.15) is 0 Å². The summed E-state index contributed by atoms with van der Waals surface area (Å²) in [5.41, 5.74) is 3.10. The molecule has 1 N–H and O–H groups in total. The fourth-order valence-electron chi connectivity index (χ4n) is 2.40. The van der Waals surface area contributed by atoms with Crippen LogP contribution in [0.25, 0.3) is 0 Å². The van der Waals surface area contributed by atoms with E-state index in [0.29, 0.717) is 31.3 Å². The van der Waals surface area contributed by atoms with Gasteiger partial charge in [0, 0.05) is 31.6 Å². The third kappa shape index (κ3) is 4.52. The predicted molar refractivity (Wildman–Crippen MR) is 95.7 cm³/mol. The summed E-state index contributed by atoms with van der Waals surface area (Å²) in [4.78, 5) is 23.3. The highest BCUT2D eigenvalue weighted by molar-refractivity contribution is 6.05. The van der Waals surface area contributed by atoms with E-state index in [1.54, 1.807) is 18.1 Å². The highest BCUT2D eigenvalue weighted by Gasteiger charge is 2.19. The van der Waals surface area contributed by atoms with Crippen LogP contribution in [0.2, 0.25) is 0 Å². The lowest BCUT2D eigenvalue weighted by Crippen LogP contribution is -2.31. The summed E-state index contributed by atoms with van der Waals surface area (Å²) < 4.78 is 5.00. The smallest absolute Gasteiger partial charge is 0.277 e. The zero-order valence-electron chi connectivity index (χ0n) is 14.7. The van der Waals surface area contributed by atoms with Crippen LogP contribution >= 0.6 is 0 Å². The molecular formula is C18H24N4O2. The summed E-state index contributed by atoms with van der Waals surface area (Å²) in [6.45, 7) is 7.51. The van der Waals surface area contributed by atoms with Crippen LogP contribution in [0.15, 0.2) is 30.3 Å². The van der Waals surface area contributed by atoms with E-state index in [1.165, 1.54) is 0 Å². The van der Waals surface area contributed by atoms with Crippen LogP contribution in [-0.4, -0.2) is 42.7 Å². The number of aromatic nitrogens is 2. The maximum absolute atomic E-state index is 12.9. The van der Waals surface area contributed by atoms with E-state index in [0.717, 1.165) is 16.9 Å². The number of nitrogens with one attached hydrogen (secondary N) is 1. The Hall–Kier alpha value is -2.47. The third-order valence-corrected chi connectivity index (χ3v) is 3.54. The van der Waals surface area contributed by atoms with Crippen molar-refractivity contribution in [3.8, 4) is 0 Å². The highest BCUT2D eigenvalue weighted by Crippen LogP contribution is 2.18. The Kier molecular flexibility index (Phi) is 6.26. The van der Waals surface area contributed by atoms with Crippen molar-refractivity contribution in [1.82, 2.24) is 9.97 Å². The zero-order chi connectivity index (χ0) is 17.5. The second-order valence-corrected chi connectivity index (χ2v) is 5.53. The average Bonchev–Trinajstić information content (AvgIpc) is 2.55. The van der Waals surface area contributed by atoms with Crippen molar-refractivity contribution in [3.05, 3.63) is 47.3 Å². The molecule has 0 saturated carbocycles. The van der Waals surface area contributed by atoms with Crippen LogP contribution in [0.3, 0.4) is 0 Å². The number of amides is 1. The minimum Gasteiger partial charge on any atom is -0.383 e. The molecule has 0 fully saturated rings. The number of anilines is 2. The van der Waals surface area contributed by atoms with E-state index < -0.39 is 0 Å². The maximum Gasteiger partial charge on any atom is 0.277 e. The average molecular weight is 328 g/mol. The van der Waals surface area contributed by atoms with Crippen LogP contribution < -0.4 is 10.2 Å². The number of carbonyl (C=O) groups is 1. The maximum atomic E-state index is 12.9. The number of carbonyl (C=O) groups excluding carboxylic acids is 1. The van der Waals surface area contributed by atoms with Gasteiger partial charge in [-0.05, 0) is 44.5 Å². The Balaban J connectivity index is 2.26. The molecule has 0 spiro atoms. The zero-order valence-corrected chi connectivity index (χ0v) is 14.7. The van der Waals surface area contributed by atoms with E-state index in [1.807, 2.05) is 45.0 Å². The highest BCUT2D eigenvalue weighted by atomic mass is 16.5. The van der Waals surface area contributed by atoms with E-state index >= 15 is 0 Å². The van der Waals surface area contributed by atoms with Crippen molar-refractivity contribution in [2.24, 2.45) is 0 Å². The van der Waals surface area contributed by atoms with Crippen molar-refractivity contribution in [1.29, 1.82) is 0 Å². The van der Waals surface area contributed by atoms with E-state index in [-0.39, 0.29) is 5.91 Å². The van der Waals surface area contributed by atoms with Gasteiger partial charge in [-0.3, -0.25) is 4.79 Å². The normalized spacial score (nSPS) is 10.5. The summed E-state index contributed by atoms with van der Waals surface area (Å²) in [5.74, 6) is 0.305. The second kappa shape index (κ2) is 8.40. The minimum atomic E-state index is -0.136. The SMILES string of the molecule is CCN(C(=O)c1cc(C)nc(NCCOC)n1)c1cccc(C)c1. The summed E-state index contributed by atoms with van der Waals surface area (Å²) in [6.07, 6.45) is 0. The first-order valence-corrected chi connectivity index (χ1v) is 8.02. The Morgan fingerprint density at radius 2 is 2.04 bits per heavy atom. The van der Waals surface area contributed by atoms with Crippen molar-refractivity contribution in [3.63, 3.8) is 0 Å². The van der Waals surface area contributed by atoms with E-state index in [9.17, 15) is 4.79 Å². The Bertz CT molecular complexity index is 703. The molecule has 0 saturated heterocycles. The quantitative estimate of drug-likeness (QED) is 0.792. The number of nitrogens with zero attached hydrogens (tertiary/aromatic N) is 3. The summed E-state index contributed by atoms with van der Waals surface area (Å²) in [7, 11) is 1.63. The van der Waals surface area contributed by atoms with Gasteiger partial charge in [0.25, 0.3) is 5.91 Å². The van der Waals surface area contributed by atoms with Gasteiger partial charge in [0.05, 0.1) is 6.61 Å². The number of ether oxygens (including phenoxy) is 1. The van der Waals surface area contributed by atoms with Crippen molar-refractivity contribution in [2.45, 2.75) is 20.8 Å². The van der Waals surface area contributed by atoms with Crippen LogP contribution in [0.4, 0.5) is 11.6 Å². The summed E-state index contributed by atoms with van der Waals surface area (Å²) >= 11 is 0. The van der Waals surface area contributed by atoms with Crippen LogP contribution in [-0.2, 0) is 4.74 Å². The Morgan fingerprint density at radius 3 is 2.71 bits per heavy atom. The molecule has 1 amide bonds. The topological polar surface area (TPSA) is 67.4 Å². The van der Waals surface area contributed by atoms with Crippen molar-refractivity contribution in [2.75, 3.05) is 37.0 Å².